The molecule has 0 saturated carbocycles. The Balaban J connectivity index is 1.79. The molecule has 3 aromatic carbocycles. The molecule has 0 saturated heterocycles. The molecule has 5 heteroatoms. The smallest absolute Gasteiger partial charge is 0.290 e. The minimum atomic E-state index is -0.401. The number of methoxy groups -OCH3 is 1. The number of hydrogen-bond acceptors (Lipinski definition) is 3. The van der Waals surface area contributed by atoms with Crippen molar-refractivity contribution < 1.29 is 14.6 Å². The molecule has 1 N–H and O–H groups in total. The summed E-state index contributed by atoms with van der Waals surface area (Å²) >= 11 is 6.01. The van der Waals surface area contributed by atoms with Crippen molar-refractivity contribution in [1.82, 2.24) is 4.90 Å². The molecule has 4 rings (SSSR count). The maximum absolute atomic E-state index is 13.1. The molecule has 152 valence electrons. The fraction of sp³-hybridized carbons (Fsp3) is 0.160. The number of aliphatic hydroxyl groups excluding tert-OH is 1. The molecule has 1 aliphatic rings. The molecule has 4 nitrogen and oxygen atoms in total. The zero-order valence-corrected chi connectivity index (χ0v) is 17.6. The van der Waals surface area contributed by atoms with E-state index in [1.54, 1.807) is 24.1 Å². The van der Waals surface area contributed by atoms with Gasteiger partial charge in [0.05, 0.1) is 13.2 Å². The molecule has 0 radical (unpaired) electrons. The number of aryl methyl sites for hydroxylation is 1. The van der Waals surface area contributed by atoms with Gasteiger partial charge in [-0.25, -0.2) is 0 Å². The molecule has 0 bridgehead atoms. The standard InChI is InChI=1S/C25H22ClNO3/c1-16-3-7-19(8-4-16)23-22(18-9-13-21(30-2)14-10-18)24(28)25(29)27(23)15-17-5-11-20(26)12-6-17/h3-14,23,28H,15H2,1-2H3. The summed E-state index contributed by atoms with van der Waals surface area (Å²) < 4.78 is 5.25. The first-order valence-corrected chi connectivity index (χ1v) is 10.1. The number of aliphatic hydroxyl groups is 1. The molecule has 1 heterocycles. The first-order valence-electron chi connectivity index (χ1n) is 9.67. The van der Waals surface area contributed by atoms with E-state index in [0.717, 1.165) is 22.3 Å². The second-order valence-electron chi connectivity index (χ2n) is 7.36. The summed E-state index contributed by atoms with van der Waals surface area (Å²) in [5.41, 5.74) is 4.39. The number of ether oxygens (including phenoxy) is 1. The average Bonchev–Trinajstić information content (AvgIpc) is 3.01. The van der Waals surface area contributed by atoms with Gasteiger partial charge < -0.3 is 14.7 Å². The summed E-state index contributed by atoms with van der Waals surface area (Å²) in [6.45, 7) is 2.38. The first-order chi connectivity index (χ1) is 14.5. The molecular weight excluding hydrogens is 398 g/mol. The van der Waals surface area contributed by atoms with Gasteiger partial charge in [0.2, 0.25) is 0 Å². The highest BCUT2D eigenvalue weighted by Crippen LogP contribution is 2.44. The number of carbonyl (C=O) groups is 1. The maximum Gasteiger partial charge on any atom is 0.290 e. The van der Waals surface area contributed by atoms with E-state index in [-0.39, 0.29) is 11.7 Å². The minimum Gasteiger partial charge on any atom is -0.503 e. The van der Waals surface area contributed by atoms with Crippen LogP contribution in [0.1, 0.15) is 28.3 Å². The number of carbonyl (C=O) groups excluding carboxylic acids is 1. The number of nitrogens with zero attached hydrogens (tertiary/aromatic N) is 1. The highest BCUT2D eigenvalue weighted by molar-refractivity contribution is 6.30. The molecule has 3 aromatic rings. The molecule has 0 fully saturated rings. The molecule has 30 heavy (non-hydrogen) atoms. The van der Waals surface area contributed by atoms with Crippen molar-refractivity contribution in [3.8, 4) is 5.75 Å². The van der Waals surface area contributed by atoms with E-state index in [4.69, 9.17) is 16.3 Å². The molecule has 1 aliphatic heterocycles. The van der Waals surface area contributed by atoms with Crippen LogP contribution in [0.15, 0.2) is 78.6 Å². The quantitative estimate of drug-likeness (QED) is 0.576. The Morgan fingerprint density at radius 1 is 0.967 bits per heavy atom. The number of halogens is 1. The molecule has 1 amide bonds. The van der Waals surface area contributed by atoms with Crippen molar-refractivity contribution in [2.45, 2.75) is 19.5 Å². The third-order valence-electron chi connectivity index (χ3n) is 5.36. The van der Waals surface area contributed by atoms with Gasteiger partial charge >= 0.3 is 0 Å². The van der Waals surface area contributed by atoms with Crippen molar-refractivity contribution in [3.05, 3.63) is 106 Å². The van der Waals surface area contributed by atoms with Crippen LogP contribution in [0.4, 0.5) is 0 Å². The van der Waals surface area contributed by atoms with E-state index in [1.165, 1.54) is 0 Å². The van der Waals surface area contributed by atoms with E-state index < -0.39 is 6.04 Å². The highest BCUT2D eigenvalue weighted by atomic mass is 35.5. The Kier molecular flexibility index (Phi) is 5.51. The summed E-state index contributed by atoms with van der Waals surface area (Å²) in [4.78, 5) is 14.8. The predicted octanol–water partition coefficient (Wildman–Crippen LogP) is 5.71. The predicted molar refractivity (Wildman–Crippen MR) is 118 cm³/mol. The van der Waals surface area contributed by atoms with E-state index >= 15 is 0 Å². The molecule has 0 aromatic heterocycles. The molecule has 1 unspecified atom stereocenters. The van der Waals surface area contributed by atoms with E-state index in [0.29, 0.717) is 22.9 Å². The van der Waals surface area contributed by atoms with Gasteiger partial charge in [0, 0.05) is 17.1 Å². The summed E-state index contributed by atoms with van der Waals surface area (Å²) in [5.74, 6) is 0.106. The van der Waals surface area contributed by atoms with Crippen molar-refractivity contribution in [1.29, 1.82) is 0 Å². The molecular formula is C25H22ClNO3. The summed E-state index contributed by atoms with van der Waals surface area (Å²) in [6.07, 6.45) is 0. The lowest BCUT2D eigenvalue weighted by atomic mass is 9.93. The SMILES string of the molecule is COc1ccc(C2=C(O)C(=O)N(Cc3ccc(Cl)cc3)C2c2ccc(C)cc2)cc1. The molecule has 0 aliphatic carbocycles. The zero-order valence-electron chi connectivity index (χ0n) is 16.8. The zero-order chi connectivity index (χ0) is 21.3. The van der Waals surface area contributed by atoms with Crippen LogP contribution in [0.5, 0.6) is 5.75 Å². The average molecular weight is 420 g/mol. The van der Waals surface area contributed by atoms with Gasteiger partial charge in [0.15, 0.2) is 5.76 Å². The lowest BCUT2D eigenvalue weighted by molar-refractivity contribution is -0.130. The Morgan fingerprint density at radius 3 is 2.20 bits per heavy atom. The van der Waals surface area contributed by atoms with Crippen LogP contribution in [0.2, 0.25) is 5.02 Å². The summed E-state index contributed by atoms with van der Waals surface area (Å²) in [5, 5.41) is 11.5. The largest absolute Gasteiger partial charge is 0.503 e. The van der Waals surface area contributed by atoms with Crippen molar-refractivity contribution in [3.63, 3.8) is 0 Å². The fourth-order valence-corrected chi connectivity index (χ4v) is 3.89. The van der Waals surface area contributed by atoms with Crippen LogP contribution in [0.25, 0.3) is 5.57 Å². The normalized spacial score (nSPS) is 16.3. The molecule has 0 spiro atoms. The van der Waals surface area contributed by atoms with Crippen LogP contribution >= 0.6 is 11.6 Å². The Labute approximate surface area is 181 Å². The number of rotatable bonds is 5. The van der Waals surface area contributed by atoms with Crippen molar-refractivity contribution >= 4 is 23.1 Å². The lowest BCUT2D eigenvalue weighted by Gasteiger charge is -2.27. The third kappa shape index (κ3) is 3.79. The second-order valence-corrected chi connectivity index (χ2v) is 7.80. The molecule has 1 atom stereocenters. The van der Waals surface area contributed by atoms with Crippen LogP contribution in [-0.2, 0) is 11.3 Å². The van der Waals surface area contributed by atoms with Gasteiger partial charge in [-0.3, -0.25) is 4.79 Å². The van der Waals surface area contributed by atoms with Crippen LogP contribution < -0.4 is 4.74 Å². The van der Waals surface area contributed by atoms with Gasteiger partial charge in [-0.2, -0.15) is 0 Å². The Morgan fingerprint density at radius 2 is 1.60 bits per heavy atom. The fourth-order valence-electron chi connectivity index (χ4n) is 3.76. The minimum absolute atomic E-state index is 0.222. The van der Waals surface area contributed by atoms with Gasteiger partial charge in [-0.1, -0.05) is 65.7 Å². The summed E-state index contributed by atoms with van der Waals surface area (Å²) in [6, 6.07) is 22.4. The highest BCUT2D eigenvalue weighted by Gasteiger charge is 2.40. The van der Waals surface area contributed by atoms with Crippen molar-refractivity contribution in [2.75, 3.05) is 7.11 Å². The van der Waals surface area contributed by atoms with Crippen molar-refractivity contribution in [2.24, 2.45) is 0 Å². The monoisotopic (exact) mass is 419 g/mol. The lowest BCUT2D eigenvalue weighted by Crippen LogP contribution is -2.29. The number of hydrogen-bond donors (Lipinski definition) is 1. The Hall–Kier alpha value is -3.24. The van der Waals surface area contributed by atoms with Crippen LogP contribution in [0, 0.1) is 6.92 Å². The topological polar surface area (TPSA) is 49.8 Å². The Bertz CT molecular complexity index is 1090. The number of benzene rings is 3. The van der Waals surface area contributed by atoms with Crippen LogP contribution in [0.3, 0.4) is 0 Å². The van der Waals surface area contributed by atoms with E-state index in [1.807, 2.05) is 67.6 Å². The summed E-state index contributed by atoms with van der Waals surface area (Å²) in [7, 11) is 1.60. The van der Waals surface area contributed by atoms with Gasteiger partial charge in [-0.15, -0.1) is 0 Å². The third-order valence-corrected chi connectivity index (χ3v) is 5.62. The number of amides is 1. The van der Waals surface area contributed by atoms with Gasteiger partial charge in [0.25, 0.3) is 5.91 Å². The van der Waals surface area contributed by atoms with Gasteiger partial charge in [-0.05, 0) is 47.9 Å². The first kappa shape index (κ1) is 20.0. The van der Waals surface area contributed by atoms with Crippen LogP contribution in [-0.4, -0.2) is 23.0 Å². The van der Waals surface area contributed by atoms with Gasteiger partial charge in [0.1, 0.15) is 5.75 Å². The van der Waals surface area contributed by atoms with E-state index in [9.17, 15) is 9.90 Å². The van der Waals surface area contributed by atoms with E-state index in [2.05, 4.69) is 0 Å². The second kappa shape index (κ2) is 8.25. The maximum atomic E-state index is 13.1.